The van der Waals surface area contributed by atoms with E-state index in [1.165, 1.54) is 12.3 Å². The highest BCUT2D eigenvalue weighted by atomic mass is 16.5. The predicted octanol–water partition coefficient (Wildman–Crippen LogP) is 1.91. The molecule has 0 saturated heterocycles. The maximum Gasteiger partial charge on any atom is 0.164 e. The second-order valence-electron chi connectivity index (χ2n) is 2.81. The highest BCUT2D eigenvalue weighted by Crippen LogP contribution is 2.31. The van der Waals surface area contributed by atoms with Crippen molar-refractivity contribution in [2.75, 3.05) is 6.61 Å². The summed E-state index contributed by atoms with van der Waals surface area (Å²) in [6, 6.07) is 3.17. The van der Waals surface area contributed by atoms with E-state index in [0.717, 1.165) is 5.56 Å². The van der Waals surface area contributed by atoms with E-state index in [1.54, 1.807) is 13.0 Å². The van der Waals surface area contributed by atoms with Crippen LogP contribution in [0.4, 0.5) is 0 Å². The first-order valence-electron chi connectivity index (χ1n) is 4.33. The van der Waals surface area contributed by atoms with Crippen LogP contribution < -0.4 is 4.74 Å². The van der Waals surface area contributed by atoms with Crippen LogP contribution in [0.15, 0.2) is 17.3 Å². The van der Waals surface area contributed by atoms with Gasteiger partial charge in [-0.3, -0.25) is 0 Å². The van der Waals surface area contributed by atoms with Gasteiger partial charge >= 0.3 is 0 Å². The summed E-state index contributed by atoms with van der Waals surface area (Å²) in [5, 5.41) is 20.8. The van der Waals surface area contributed by atoms with Gasteiger partial charge in [0.05, 0.1) is 12.8 Å². The van der Waals surface area contributed by atoms with Gasteiger partial charge in [0.1, 0.15) is 0 Å². The monoisotopic (exact) mass is 195 g/mol. The van der Waals surface area contributed by atoms with Crippen molar-refractivity contribution in [1.29, 1.82) is 0 Å². The van der Waals surface area contributed by atoms with E-state index in [2.05, 4.69) is 5.16 Å². The van der Waals surface area contributed by atoms with Crippen LogP contribution in [0.2, 0.25) is 0 Å². The first-order chi connectivity index (χ1) is 6.70. The number of aromatic hydroxyl groups is 1. The molecular formula is C10H13NO3. The van der Waals surface area contributed by atoms with Crippen LogP contribution in [0.25, 0.3) is 0 Å². The van der Waals surface area contributed by atoms with Gasteiger partial charge in [-0.15, -0.1) is 0 Å². The summed E-state index contributed by atoms with van der Waals surface area (Å²) in [5.41, 5.74) is 1.47. The molecular weight excluding hydrogens is 182 g/mol. The Morgan fingerprint density at radius 1 is 1.50 bits per heavy atom. The molecule has 0 fully saturated rings. The van der Waals surface area contributed by atoms with Gasteiger partial charge in [-0.2, -0.15) is 0 Å². The number of nitrogens with zero attached hydrogens (tertiary/aromatic N) is 1. The lowest BCUT2D eigenvalue weighted by molar-refractivity contribution is 0.315. The van der Waals surface area contributed by atoms with Gasteiger partial charge in [-0.1, -0.05) is 5.16 Å². The zero-order valence-corrected chi connectivity index (χ0v) is 8.19. The SMILES string of the molecule is CCOc1c(O)ccc(C=NO)c1C. The summed E-state index contributed by atoms with van der Waals surface area (Å²) in [4.78, 5) is 0. The Morgan fingerprint density at radius 3 is 2.79 bits per heavy atom. The van der Waals surface area contributed by atoms with Crippen molar-refractivity contribution in [3.05, 3.63) is 23.3 Å². The smallest absolute Gasteiger partial charge is 0.164 e. The predicted molar refractivity (Wildman–Crippen MR) is 53.4 cm³/mol. The molecule has 4 heteroatoms. The van der Waals surface area contributed by atoms with Crippen LogP contribution in [-0.2, 0) is 0 Å². The fourth-order valence-electron chi connectivity index (χ4n) is 1.22. The molecule has 0 amide bonds. The Bertz CT molecular complexity index is 347. The summed E-state index contributed by atoms with van der Waals surface area (Å²) < 4.78 is 5.26. The third-order valence-corrected chi connectivity index (χ3v) is 1.91. The standard InChI is InChI=1S/C10H13NO3/c1-3-14-10-7(2)8(6-11-13)4-5-9(10)12/h4-6,12-13H,3H2,1-2H3. The fraction of sp³-hybridized carbons (Fsp3) is 0.300. The third kappa shape index (κ3) is 1.96. The van der Waals surface area contributed by atoms with Gasteiger partial charge in [0, 0.05) is 11.1 Å². The molecule has 1 rings (SSSR count). The van der Waals surface area contributed by atoms with Gasteiger partial charge < -0.3 is 15.1 Å². The van der Waals surface area contributed by atoms with Gasteiger partial charge in [-0.05, 0) is 26.0 Å². The molecule has 0 heterocycles. The van der Waals surface area contributed by atoms with Crippen molar-refractivity contribution in [3.63, 3.8) is 0 Å². The van der Waals surface area contributed by atoms with Crippen LogP contribution in [0, 0.1) is 6.92 Å². The van der Waals surface area contributed by atoms with Gasteiger partial charge in [0.2, 0.25) is 0 Å². The minimum atomic E-state index is 0.0967. The van der Waals surface area contributed by atoms with E-state index in [4.69, 9.17) is 9.94 Å². The molecule has 0 saturated carbocycles. The maximum atomic E-state index is 9.48. The summed E-state index contributed by atoms with van der Waals surface area (Å²) in [6.07, 6.45) is 1.30. The van der Waals surface area contributed by atoms with Gasteiger partial charge in [-0.25, -0.2) is 0 Å². The van der Waals surface area contributed by atoms with E-state index in [-0.39, 0.29) is 5.75 Å². The number of benzene rings is 1. The molecule has 0 bridgehead atoms. The van der Waals surface area contributed by atoms with Crippen molar-refractivity contribution >= 4 is 6.21 Å². The number of hydrogen-bond donors (Lipinski definition) is 2. The average molecular weight is 195 g/mol. The second-order valence-corrected chi connectivity index (χ2v) is 2.81. The quantitative estimate of drug-likeness (QED) is 0.440. The Morgan fingerprint density at radius 2 is 2.21 bits per heavy atom. The van der Waals surface area contributed by atoms with Crippen molar-refractivity contribution in [2.45, 2.75) is 13.8 Å². The Labute approximate surface area is 82.4 Å². The zero-order valence-electron chi connectivity index (χ0n) is 8.19. The van der Waals surface area contributed by atoms with Crippen molar-refractivity contribution in [3.8, 4) is 11.5 Å². The summed E-state index contributed by atoms with van der Waals surface area (Å²) in [7, 11) is 0. The number of phenolic OH excluding ortho intramolecular Hbond substituents is 1. The lowest BCUT2D eigenvalue weighted by Crippen LogP contribution is -1.97. The minimum absolute atomic E-state index is 0.0967. The normalized spacial score (nSPS) is 10.7. The summed E-state index contributed by atoms with van der Waals surface area (Å²) in [6.45, 7) is 4.11. The average Bonchev–Trinajstić information content (AvgIpc) is 2.17. The molecule has 0 aliphatic heterocycles. The Kier molecular flexibility index (Phi) is 3.34. The molecule has 0 aliphatic rings. The highest BCUT2D eigenvalue weighted by Gasteiger charge is 2.08. The first kappa shape index (κ1) is 10.4. The topological polar surface area (TPSA) is 62.0 Å². The molecule has 4 nitrogen and oxygen atoms in total. The molecule has 0 unspecified atom stereocenters. The molecule has 14 heavy (non-hydrogen) atoms. The molecule has 0 radical (unpaired) electrons. The molecule has 0 aliphatic carbocycles. The number of oxime groups is 1. The van der Waals surface area contributed by atoms with Crippen molar-refractivity contribution in [1.82, 2.24) is 0 Å². The third-order valence-electron chi connectivity index (χ3n) is 1.91. The lowest BCUT2D eigenvalue weighted by atomic mass is 10.1. The Balaban J connectivity index is 3.18. The lowest BCUT2D eigenvalue weighted by Gasteiger charge is -2.10. The maximum absolute atomic E-state index is 9.48. The van der Waals surface area contributed by atoms with Crippen LogP contribution in [0.1, 0.15) is 18.1 Å². The highest BCUT2D eigenvalue weighted by molar-refractivity contribution is 5.83. The van der Waals surface area contributed by atoms with E-state index >= 15 is 0 Å². The molecule has 0 aromatic heterocycles. The van der Waals surface area contributed by atoms with Gasteiger partial charge in [0.25, 0.3) is 0 Å². The summed E-state index contributed by atoms with van der Waals surface area (Å²) in [5.74, 6) is 0.532. The number of ether oxygens (including phenoxy) is 1. The van der Waals surface area contributed by atoms with Crippen molar-refractivity contribution < 1.29 is 15.1 Å². The van der Waals surface area contributed by atoms with E-state index in [9.17, 15) is 5.11 Å². The molecule has 0 spiro atoms. The number of phenols is 1. The molecule has 76 valence electrons. The van der Waals surface area contributed by atoms with Crippen LogP contribution >= 0.6 is 0 Å². The minimum Gasteiger partial charge on any atom is -0.504 e. The molecule has 2 N–H and O–H groups in total. The first-order valence-corrected chi connectivity index (χ1v) is 4.33. The van der Waals surface area contributed by atoms with E-state index in [0.29, 0.717) is 17.9 Å². The van der Waals surface area contributed by atoms with Crippen molar-refractivity contribution in [2.24, 2.45) is 5.16 Å². The molecule has 1 aromatic rings. The largest absolute Gasteiger partial charge is 0.504 e. The second kappa shape index (κ2) is 4.50. The van der Waals surface area contributed by atoms with Crippen LogP contribution in [0.3, 0.4) is 0 Å². The molecule has 0 atom stereocenters. The zero-order chi connectivity index (χ0) is 10.6. The molecule has 1 aromatic carbocycles. The van der Waals surface area contributed by atoms with Crippen LogP contribution in [-0.4, -0.2) is 23.1 Å². The Hall–Kier alpha value is -1.71. The fourth-order valence-corrected chi connectivity index (χ4v) is 1.22. The van der Waals surface area contributed by atoms with E-state index < -0.39 is 0 Å². The van der Waals surface area contributed by atoms with E-state index in [1.807, 2.05) is 6.92 Å². The summed E-state index contributed by atoms with van der Waals surface area (Å²) >= 11 is 0. The number of hydrogen-bond acceptors (Lipinski definition) is 4. The van der Waals surface area contributed by atoms with Crippen LogP contribution in [0.5, 0.6) is 11.5 Å². The van der Waals surface area contributed by atoms with Gasteiger partial charge in [0.15, 0.2) is 11.5 Å². The number of rotatable bonds is 3.